The molecule has 19 heavy (non-hydrogen) atoms. The highest BCUT2D eigenvalue weighted by molar-refractivity contribution is 8.01. The zero-order chi connectivity index (χ0) is 13.1. The molecule has 0 unspecified atom stereocenters. The number of para-hydroxylation sites is 1. The first-order chi connectivity index (χ1) is 9.35. The lowest BCUT2D eigenvalue weighted by Crippen LogP contribution is -1.99. The summed E-state index contributed by atoms with van der Waals surface area (Å²) in [5.41, 5.74) is 1.03. The predicted molar refractivity (Wildman–Crippen MR) is 79.9 cm³/mol. The van der Waals surface area contributed by atoms with Crippen LogP contribution in [0, 0.1) is 0 Å². The molecule has 4 nitrogen and oxygen atoms in total. The normalized spacial score (nSPS) is 10.8. The summed E-state index contributed by atoms with van der Waals surface area (Å²) in [6.45, 7) is 2.87. The Bertz CT molecular complexity index is 663. The Balaban J connectivity index is 1.85. The maximum atomic E-state index is 4.58. The lowest BCUT2D eigenvalue weighted by atomic mass is 10.3. The van der Waals surface area contributed by atoms with Gasteiger partial charge in [-0.15, -0.1) is 11.3 Å². The van der Waals surface area contributed by atoms with Crippen molar-refractivity contribution in [3.8, 4) is 0 Å². The maximum Gasteiger partial charge on any atom is 0.157 e. The van der Waals surface area contributed by atoms with Crippen LogP contribution in [0.4, 0.5) is 5.82 Å². The molecule has 96 valence electrons. The Morgan fingerprint density at radius 2 is 2.11 bits per heavy atom. The van der Waals surface area contributed by atoms with Crippen molar-refractivity contribution in [2.45, 2.75) is 16.3 Å². The number of benzene rings is 1. The van der Waals surface area contributed by atoms with E-state index in [1.165, 1.54) is 4.70 Å². The maximum absolute atomic E-state index is 4.58. The monoisotopic (exact) mass is 288 g/mol. The zero-order valence-corrected chi connectivity index (χ0v) is 12.0. The van der Waals surface area contributed by atoms with Crippen molar-refractivity contribution in [3.63, 3.8) is 0 Å². The van der Waals surface area contributed by atoms with Crippen molar-refractivity contribution >= 4 is 39.1 Å². The fourth-order valence-electron chi connectivity index (χ4n) is 1.65. The van der Waals surface area contributed by atoms with E-state index >= 15 is 0 Å². The molecule has 0 amide bonds. The number of thiazole rings is 1. The Kier molecular flexibility index (Phi) is 3.61. The molecular formula is C13H12N4S2. The number of nitrogens with one attached hydrogen (secondary N) is 1. The summed E-state index contributed by atoms with van der Waals surface area (Å²) in [4.78, 5) is 13.2. The van der Waals surface area contributed by atoms with E-state index in [0.717, 1.165) is 27.2 Å². The van der Waals surface area contributed by atoms with Crippen LogP contribution in [0.15, 0.2) is 46.0 Å². The number of aromatic nitrogens is 3. The number of rotatable bonds is 4. The van der Waals surface area contributed by atoms with Gasteiger partial charge in [0, 0.05) is 6.54 Å². The standard InChI is InChI=1S/C13H12N4S2/c1-2-15-11-7-14-8-12(17-11)19-13-16-9-5-3-4-6-10(9)18-13/h3-8H,2H2,1H3,(H,15,17). The Morgan fingerprint density at radius 1 is 1.21 bits per heavy atom. The molecule has 0 radical (unpaired) electrons. The Morgan fingerprint density at radius 3 is 2.95 bits per heavy atom. The summed E-state index contributed by atoms with van der Waals surface area (Å²) >= 11 is 3.22. The van der Waals surface area contributed by atoms with Gasteiger partial charge in [-0.3, -0.25) is 4.98 Å². The van der Waals surface area contributed by atoms with Gasteiger partial charge in [0.1, 0.15) is 10.8 Å². The summed E-state index contributed by atoms with van der Waals surface area (Å²) in [5, 5.41) is 4.02. The second-order valence-electron chi connectivity index (χ2n) is 3.82. The Labute approximate surface area is 119 Å². The van der Waals surface area contributed by atoms with Gasteiger partial charge in [-0.25, -0.2) is 9.97 Å². The van der Waals surface area contributed by atoms with Crippen molar-refractivity contribution < 1.29 is 0 Å². The number of hydrogen-bond acceptors (Lipinski definition) is 6. The van der Waals surface area contributed by atoms with E-state index in [-0.39, 0.29) is 0 Å². The van der Waals surface area contributed by atoms with E-state index in [2.05, 4.69) is 26.3 Å². The third kappa shape index (κ3) is 2.85. The van der Waals surface area contributed by atoms with Crippen LogP contribution in [0.2, 0.25) is 0 Å². The molecule has 0 saturated carbocycles. The van der Waals surface area contributed by atoms with Gasteiger partial charge in [0.05, 0.1) is 22.6 Å². The Hall–Kier alpha value is -1.66. The van der Waals surface area contributed by atoms with Gasteiger partial charge in [-0.05, 0) is 30.8 Å². The topological polar surface area (TPSA) is 50.7 Å². The van der Waals surface area contributed by atoms with Crippen LogP contribution < -0.4 is 5.32 Å². The summed E-state index contributed by atoms with van der Waals surface area (Å²) in [6, 6.07) is 8.14. The molecule has 2 heterocycles. The first kappa shape index (κ1) is 12.4. The molecule has 0 fully saturated rings. The third-order valence-electron chi connectivity index (χ3n) is 2.44. The fraction of sp³-hybridized carbons (Fsp3) is 0.154. The highest BCUT2D eigenvalue weighted by Gasteiger charge is 2.06. The lowest BCUT2D eigenvalue weighted by Gasteiger charge is -2.02. The van der Waals surface area contributed by atoms with Crippen LogP contribution in [-0.4, -0.2) is 21.5 Å². The molecule has 0 saturated heterocycles. The highest BCUT2D eigenvalue weighted by atomic mass is 32.2. The number of hydrogen-bond donors (Lipinski definition) is 1. The molecule has 2 aromatic heterocycles. The lowest BCUT2D eigenvalue weighted by molar-refractivity contribution is 1.03. The van der Waals surface area contributed by atoms with E-state index < -0.39 is 0 Å². The van der Waals surface area contributed by atoms with Gasteiger partial charge in [-0.1, -0.05) is 12.1 Å². The van der Waals surface area contributed by atoms with Gasteiger partial charge in [0.2, 0.25) is 0 Å². The van der Waals surface area contributed by atoms with Crippen molar-refractivity contribution in [2.75, 3.05) is 11.9 Å². The average Bonchev–Trinajstić information content (AvgIpc) is 2.81. The molecule has 3 aromatic rings. The van der Waals surface area contributed by atoms with E-state index in [4.69, 9.17) is 0 Å². The molecule has 0 bridgehead atoms. The van der Waals surface area contributed by atoms with Crippen LogP contribution in [-0.2, 0) is 0 Å². The van der Waals surface area contributed by atoms with Gasteiger partial charge in [0.25, 0.3) is 0 Å². The van der Waals surface area contributed by atoms with E-state index in [1.807, 2.05) is 25.1 Å². The van der Waals surface area contributed by atoms with Gasteiger partial charge >= 0.3 is 0 Å². The summed E-state index contributed by atoms with van der Waals surface area (Å²) in [5.74, 6) is 0.800. The summed E-state index contributed by atoms with van der Waals surface area (Å²) < 4.78 is 2.19. The second kappa shape index (κ2) is 5.54. The number of fused-ring (bicyclic) bond motifs is 1. The van der Waals surface area contributed by atoms with Crippen molar-refractivity contribution in [1.29, 1.82) is 0 Å². The minimum Gasteiger partial charge on any atom is -0.369 e. The number of nitrogens with zero attached hydrogens (tertiary/aromatic N) is 3. The molecular weight excluding hydrogens is 276 g/mol. The summed E-state index contributed by atoms with van der Waals surface area (Å²) in [7, 11) is 0. The smallest absolute Gasteiger partial charge is 0.157 e. The largest absolute Gasteiger partial charge is 0.369 e. The molecule has 1 N–H and O–H groups in total. The molecule has 0 aliphatic rings. The van der Waals surface area contributed by atoms with Gasteiger partial charge in [-0.2, -0.15) is 0 Å². The van der Waals surface area contributed by atoms with Crippen molar-refractivity contribution in [1.82, 2.24) is 15.0 Å². The molecule has 0 spiro atoms. The predicted octanol–water partition coefficient (Wildman–Crippen LogP) is 3.67. The molecule has 0 aliphatic heterocycles. The molecule has 0 atom stereocenters. The SMILES string of the molecule is CCNc1cncc(Sc2nc3ccccc3s2)n1. The van der Waals surface area contributed by atoms with E-state index in [0.29, 0.717) is 0 Å². The molecule has 6 heteroatoms. The van der Waals surface area contributed by atoms with Crippen molar-refractivity contribution in [3.05, 3.63) is 36.7 Å². The van der Waals surface area contributed by atoms with Crippen LogP contribution in [0.3, 0.4) is 0 Å². The first-order valence-corrected chi connectivity index (χ1v) is 7.58. The van der Waals surface area contributed by atoms with Gasteiger partial charge in [0.15, 0.2) is 4.34 Å². The van der Waals surface area contributed by atoms with Crippen LogP contribution in [0.25, 0.3) is 10.2 Å². The minimum atomic E-state index is 0.800. The van der Waals surface area contributed by atoms with Crippen molar-refractivity contribution in [2.24, 2.45) is 0 Å². The van der Waals surface area contributed by atoms with E-state index in [9.17, 15) is 0 Å². The van der Waals surface area contributed by atoms with Gasteiger partial charge < -0.3 is 5.32 Å². The fourth-order valence-corrected chi connectivity index (χ4v) is 3.62. The third-order valence-corrected chi connectivity index (χ3v) is 4.44. The average molecular weight is 288 g/mol. The second-order valence-corrected chi connectivity index (χ2v) is 6.12. The summed E-state index contributed by atoms with van der Waals surface area (Å²) in [6.07, 6.45) is 3.49. The highest BCUT2D eigenvalue weighted by Crippen LogP contribution is 2.33. The number of anilines is 1. The first-order valence-electron chi connectivity index (χ1n) is 5.94. The van der Waals surface area contributed by atoms with E-state index in [1.54, 1.807) is 35.5 Å². The quantitative estimate of drug-likeness (QED) is 0.794. The minimum absolute atomic E-state index is 0.800. The van der Waals surface area contributed by atoms with Crippen LogP contribution >= 0.6 is 23.1 Å². The molecule has 3 rings (SSSR count). The van der Waals surface area contributed by atoms with Crippen LogP contribution in [0.5, 0.6) is 0 Å². The molecule has 1 aromatic carbocycles. The zero-order valence-electron chi connectivity index (χ0n) is 10.3. The molecule has 0 aliphatic carbocycles. The van der Waals surface area contributed by atoms with Crippen LogP contribution in [0.1, 0.15) is 6.92 Å².